The van der Waals surface area contributed by atoms with E-state index in [-0.39, 0.29) is 24.4 Å². The van der Waals surface area contributed by atoms with E-state index in [1.54, 1.807) is 12.1 Å². The van der Waals surface area contributed by atoms with Gasteiger partial charge in [0, 0.05) is 18.7 Å². The molecule has 0 bridgehead atoms. The summed E-state index contributed by atoms with van der Waals surface area (Å²) in [4.78, 5) is 14.4. The second-order valence-electron chi connectivity index (χ2n) is 5.53. The lowest BCUT2D eigenvalue weighted by Gasteiger charge is -2.25. The van der Waals surface area contributed by atoms with E-state index in [9.17, 15) is 9.18 Å². The molecular weight excluding hydrogens is 281 g/mol. The van der Waals surface area contributed by atoms with Gasteiger partial charge in [-0.1, -0.05) is 30.3 Å². The van der Waals surface area contributed by atoms with Crippen molar-refractivity contribution in [2.45, 2.75) is 25.4 Å². The summed E-state index contributed by atoms with van der Waals surface area (Å²) in [6, 6.07) is 13.8. The number of aliphatic hydroxyl groups is 1. The molecule has 1 N–H and O–H groups in total. The molecule has 1 atom stereocenters. The Balaban J connectivity index is 1.88. The van der Waals surface area contributed by atoms with Crippen LogP contribution in [0.15, 0.2) is 48.5 Å². The lowest BCUT2D eigenvalue weighted by molar-refractivity contribution is 0.0694. The molecule has 1 aliphatic heterocycles. The van der Waals surface area contributed by atoms with E-state index in [2.05, 4.69) is 0 Å². The molecular formula is C18H18FNO2. The van der Waals surface area contributed by atoms with Crippen LogP contribution >= 0.6 is 0 Å². The Kier molecular flexibility index (Phi) is 4.20. The van der Waals surface area contributed by atoms with E-state index < -0.39 is 0 Å². The fourth-order valence-electron chi connectivity index (χ4n) is 3.01. The van der Waals surface area contributed by atoms with E-state index in [4.69, 9.17) is 5.11 Å². The summed E-state index contributed by atoms with van der Waals surface area (Å²) in [7, 11) is 0. The van der Waals surface area contributed by atoms with Crippen LogP contribution in [0.1, 0.15) is 40.4 Å². The van der Waals surface area contributed by atoms with Crippen molar-refractivity contribution in [1.82, 2.24) is 4.90 Å². The number of benzene rings is 2. The first-order chi connectivity index (χ1) is 10.7. The number of rotatable bonds is 5. The van der Waals surface area contributed by atoms with E-state index in [1.165, 1.54) is 12.1 Å². The molecule has 0 saturated heterocycles. The summed E-state index contributed by atoms with van der Waals surface area (Å²) in [5.74, 6) is -0.278. The number of carbonyl (C=O) groups is 1. The Morgan fingerprint density at radius 1 is 1.09 bits per heavy atom. The summed E-state index contributed by atoms with van der Waals surface area (Å²) in [6.07, 6.45) is 1.37. The molecule has 2 aromatic rings. The molecule has 1 heterocycles. The zero-order valence-electron chi connectivity index (χ0n) is 12.2. The van der Waals surface area contributed by atoms with Crippen molar-refractivity contribution >= 4 is 5.91 Å². The Hall–Kier alpha value is -2.20. The monoisotopic (exact) mass is 299 g/mol. The maximum absolute atomic E-state index is 13.0. The van der Waals surface area contributed by atoms with Crippen LogP contribution in [0, 0.1) is 5.82 Å². The number of nitrogens with zero attached hydrogens (tertiary/aromatic N) is 1. The van der Waals surface area contributed by atoms with E-state index in [0.717, 1.165) is 23.1 Å². The van der Waals surface area contributed by atoms with Crippen molar-refractivity contribution in [1.29, 1.82) is 0 Å². The highest BCUT2D eigenvalue weighted by molar-refractivity contribution is 5.99. The first-order valence-electron chi connectivity index (χ1n) is 7.46. The number of carbonyl (C=O) groups excluding carboxylic acids is 1. The van der Waals surface area contributed by atoms with Gasteiger partial charge >= 0.3 is 0 Å². The third-order valence-electron chi connectivity index (χ3n) is 4.09. The van der Waals surface area contributed by atoms with Crippen molar-refractivity contribution in [3.63, 3.8) is 0 Å². The Bertz CT molecular complexity index is 669. The molecule has 0 radical (unpaired) electrons. The molecule has 2 aromatic carbocycles. The smallest absolute Gasteiger partial charge is 0.255 e. The Morgan fingerprint density at radius 2 is 1.82 bits per heavy atom. The molecule has 0 spiro atoms. The molecule has 1 aliphatic rings. The summed E-state index contributed by atoms with van der Waals surface area (Å²) >= 11 is 0. The molecule has 3 rings (SSSR count). The SMILES string of the molecule is O=C1c2ccccc2C(CCCO)N1Cc1ccc(F)cc1. The number of hydrogen-bond donors (Lipinski definition) is 1. The van der Waals surface area contributed by atoms with Crippen molar-refractivity contribution in [2.24, 2.45) is 0 Å². The number of fused-ring (bicyclic) bond motifs is 1. The topological polar surface area (TPSA) is 40.5 Å². The number of hydrogen-bond acceptors (Lipinski definition) is 2. The fraction of sp³-hybridized carbons (Fsp3) is 0.278. The predicted octanol–water partition coefficient (Wildman–Crippen LogP) is 3.30. The van der Waals surface area contributed by atoms with Crippen molar-refractivity contribution in [3.05, 3.63) is 71.0 Å². The average Bonchev–Trinajstić information content (AvgIpc) is 2.80. The normalized spacial score (nSPS) is 16.9. The number of halogens is 1. The van der Waals surface area contributed by atoms with Crippen molar-refractivity contribution < 1.29 is 14.3 Å². The van der Waals surface area contributed by atoms with E-state index in [1.807, 2.05) is 29.2 Å². The standard InChI is InChI=1S/C18H18FNO2/c19-14-9-7-13(8-10-14)12-20-17(6-3-11-21)15-4-1-2-5-16(15)18(20)22/h1-2,4-5,7-10,17,21H,3,6,11-12H2. The number of aliphatic hydroxyl groups excluding tert-OH is 1. The largest absolute Gasteiger partial charge is 0.396 e. The first-order valence-corrected chi connectivity index (χ1v) is 7.46. The lowest BCUT2D eigenvalue weighted by Crippen LogP contribution is -2.27. The van der Waals surface area contributed by atoms with Gasteiger partial charge in [-0.25, -0.2) is 4.39 Å². The van der Waals surface area contributed by atoms with Crippen LogP contribution in [0.5, 0.6) is 0 Å². The van der Waals surface area contributed by atoms with Gasteiger partial charge in [0.15, 0.2) is 0 Å². The quantitative estimate of drug-likeness (QED) is 0.920. The van der Waals surface area contributed by atoms with Crippen molar-refractivity contribution in [2.75, 3.05) is 6.61 Å². The molecule has 3 nitrogen and oxygen atoms in total. The van der Waals surface area contributed by atoms with Gasteiger partial charge in [0.05, 0.1) is 6.04 Å². The number of amides is 1. The fourth-order valence-corrected chi connectivity index (χ4v) is 3.01. The second kappa shape index (κ2) is 6.28. The molecule has 1 amide bonds. The minimum Gasteiger partial charge on any atom is -0.396 e. The van der Waals surface area contributed by atoms with Gasteiger partial charge in [-0.2, -0.15) is 0 Å². The molecule has 0 fully saturated rings. The third kappa shape index (κ3) is 2.74. The Labute approximate surface area is 129 Å². The van der Waals surface area contributed by atoms with Gasteiger partial charge in [-0.3, -0.25) is 4.79 Å². The minimum atomic E-state index is -0.281. The van der Waals surface area contributed by atoms with Crippen LogP contribution in [0.4, 0.5) is 4.39 Å². The van der Waals surface area contributed by atoms with Gasteiger partial charge in [-0.15, -0.1) is 0 Å². The lowest BCUT2D eigenvalue weighted by atomic mass is 10.0. The van der Waals surface area contributed by atoms with Gasteiger partial charge in [-0.05, 0) is 42.2 Å². The Morgan fingerprint density at radius 3 is 2.55 bits per heavy atom. The summed E-state index contributed by atoms with van der Waals surface area (Å²) in [6.45, 7) is 0.557. The molecule has 22 heavy (non-hydrogen) atoms. The van der Waals surface area contributed by atoms with Crippen LogP contribution in [0.25, 0.3) is 0 Å². The maximum atomic E-state index is 13.0. The molecule has 0 aromatic heterocycles. The van der Waals surface area contributed by atoms with Crippen molar-refractivity contribution in [3.8, 4) is 0 Å². The summed E-state index contributed by atoms with van der Waals surface area (Å²) in [5, 5.41) is 9.10. The molecule has 114 valence electrons. The van der Waals surface area contributed by atoms with Gasteiger partial charge in [0.2, 0.25) is 0 Å². The summed E-state index contributed by atoms with van der Waals surface area (Å²) in [5.41, 5.74) is 2.65. The molecule has 1 unspecified atom stereocenters. The average molecular weight is 299 g/mol. The highest BCUT2D eigenvalue weighted by Gasteiger charge is 2.35. The molecule has 4 heteroatoms. The van der Waals surface area contributed by atoms with Gasteiger partial charge in [0.25, 0.3) is 5.91 Å². The molecule has 0 aliphatic carbocycles. The minimum absolute atomic E-state index is 0.00265. The van der Waals surface area contributed by atoms with Crippen LogP contribution in [-0.2, 0) is 6.54 Å². The van der Waals surface area contributed by atoms with E-state index >= 15 is 0 Å². The molecule has 0 saturated carbocycles. The summed E-state index contributed by atoms with van der Waals surface area (Å²) < 4.78 is 13.0. The van der Waals surface area contributed by atoms with Crippen LogP contribution in [0.3, 0.4) is 0 Å². The second-order valence-corrected chi connectivity index (χ2v) is 5.53. The predicted molar refractivity (Wildman–Crippen MR) is 81.8 cm³/mol. The highest BCUT2D eigenvalue weighted by atomic mass is 19.1. The zero-order valence-corrected chi connectivity index (χ0v) is 12.2. The zero-order chi connectivity index (χ0) is 15.5. The first kappa shape index (κ1) is 14.7. The van der Waals surface area contributed by atoms with Gasteiger partial charge in [0.1, 0.15) is 5.82 Å². The van der Waals surface area contributed by atoms with E-state index in [0.29, 0.717) is 13.0 Å². The van der Waals surface area contributed by atoms with Crippen LogP contribution in [0.2, 0.25) is 0 Å². The third-order valence-corrected chi connectivity index (χ3v) is 4.09. The van der Waals surface area contributed by atoms with Crippen LogP contribution < -0.4 is 0 Å². The maximum Gasteiger partial charge on any atom is 0.255 e. The van der Waals surface area contributed by atoms with Crippen LogP contribution in [-0.4, -0.2) is 22.5 Å². The highest BCUT2D eigenvalue weighted by Crippen LogP contribution is 2.37. The van der Waals surface area contributed by atoms with Gasteiger partial charge < -0.3 is 10.0 Å².